The van der Waals surface area contributed by atoms with Crippen molar-refractivity contribution in [1.82, 2.24) is 5.32 Å². The summed E-state index contributed by atoms with van der Waals surface area (Å²) >= 11 is 4.99. The van der Waals surface area contributed by atoms with E-state index in [1.165, 1.54) is 22.0 Å². The second-order valence-corrected chi connectivity index (χ2v) is 7.31. The Bertz CT molecular complexity index is 368. The smallest absolute Gasteiger partial charge is 0.0222 e. The molecule has 1 aromatic carbocycles. The lowest BCUT2D eigenvalue weighted by atomic mass is 9.60. The van der Waals surface area contributed by atoms with Crippen LogP contribution in [0.25, 0.3) is 0 Å². The van der Waals surface area contributed by atoms with Crippen LogP contribution in [0, 0.1) is 3.57 Å². The molecule has 3 unspecified atom stereocenters. The number of likely N-dealkylation sites (N-methyl/N-ethyl adjacent to an activating group) is 1. The minimum Gasteiger partial charge on any atom is -0.316 e. The SMILES string of the molecule is CNC(C)C1(c2ccc(I)cc2)CCC1I.Cl. The van der Waals surface area contributed by atoms with Crippen molar-refractivity contribution >= 4 is 57.6 Å². The number of nitrogens with one attached hydrogen (secondary N) is 1. The van der Waals surface area contributed by atoms with Crippen molar-refractivity contribution in [2.75, 3.05) is 7.05 Å². The minimum atomic E-state index is 0. The highest BCUT2D eigenvalue weighted by Crippen LogP contribution is 2.50. The maximum absolute atomic E-state index is 3.44. The standard InChI is InChI=1S/C13H17I2N.ClH/c1-9(16-2)13(8-7-12(13)15)10-3-5-11(14)6-4-10;/h3-6,9,12,16H,7-8H2,1-2H3;1H. The predicted octanol–water partition coefficient (Wildman–Crippen LogP) is 4.16. The van der Waals surface area contributed by atoms with Crippen molar-refractivity contribution in [3.63, 3.8) is 0 Å². The molecule has 0 spiro atoms. The molecule has 0 aliphatic heterocycles. The Kier molecular flexibility index (Phi) is 6.01. The average molecular weight is 478 g/mol. The first-order valence-electron chi connectivity index (χ1n) is 5.68. The molecule has 0 radical (unpaired) electrons. The molecule has 96 valence electrons. The first kappa shape index (κ1) is 16.0. The van der Waals surface area contributed by atoms with Gasteiger partial charge >= 0.3 is 0 Å². The molecule has 1 aliphatic rings. The summed E-state index contributed by atoms with van der Waals surface area (Å²) in [6.45, 7) is 2.31. The number of alkyl halides is 1. The highest BCUT2D eigenvalue weighted by Gasteiger charge is 2.49. The Hall–Kier alpha value is 0.930. The van der Waals surface area contributed by atoms with Gasteiger partial charge in [-0.1, -0.05) is 34.7 Å². The van der Waals surface area contributed by atoms with Crippen LogP contribution in [0.15, 0.2) is 24.3 Å². The Morgan fingerprint density at radius 2 is 1.94 bits per heavy atom. The van der Waals surface area contributed by atoms with E-state index < -0.39 is 0 Å². The summed E-state index contributed by atoms with van der Waals surface area (Å²) in [7, 11) is 2.07. The first-order valence-corrected chi connectivity index (χ1v) is 8.01. The molecule has 0 aromatic heterocycles. The van der Waals surface area contributed by atoms with E-state index in [2.05, 4.69) is 88.7 Å². The van der Waals surface area contributed by atoms with Gasteiger partial charge in [-0.15, -0.1) is 12.4 Å². The lowest BCUT2D eigenvalue weighted by Crippen LogP contribution is -2.57. The third-order valence-corrected chi connectivity index (χ3v) is 6.41. The molecule has 17 heavy (non-hydrogen) atoms. The molecule has 0 bridgehead atoms. The molecule has 1 nitrogen and oxygen atoms in total. The molecule has 0 heterocycles. The van der Waals surface area contributed by atoms with Gasteiger partial charge in [0.05, 0.1) is 0 Å². The van der Waals surface area contributed by atoms with E-state index in [0.717, 1.165) is 3.92 Å². The van der Waals surface area contributed by atoms with Crippen LogP contribution in [0.2, 0.25) is 0 Å². The Balaban J connectivity index is 0.00000144. The third kappa shape index (κ3) is 2.77. The zero-order chi connectivity index (χ0) is 11.8. The first-order chi connectivity index (χ1) is 7.61. The van der Waals surface area contributed by atoms with Crippen molar-refractivity contribution in [2.45, 2.75) is 35.1 Å². The van der Waals surface area contributed by atoms with E-state index in [1.807, 2.05) is 0 Å². The maximum Gasteiger partial charge on any atom is 0.0222 e. The fourth-order valence-corrected chi connectivity index (χ4v) is 4.53. The number of halogens is 3. The Morgan fingerprint density at radius 3 is 2.29 bits per heavy atom. The van der Waals surface area contributed by atoms with E-state index >= 15 is 0 Å². The monoisotopic (exact) mass is 477 g/mol. The highest BCUT2D eigenvalue weighted by atomic mass is 127. The Morgan fingerprint density at radius 1 is 1.35 bits per heavy atom. The van der Waals surface area contributed by atoms with Crippen LogP contribution in [0.1, 0.15) is 25.3 Å². The summed E-state index contributed by atoms with van der Waals surface area (Å²) in [4.78, 5) is 0. The van der Waals surface area contributed by atoms with E-state index in [0.29, 0.717) is 11.5 Å². The minimum absolute atomic E-state index is 0. The van der Waals surface area contributed by atoms with Crippen molar-refractivity contribution in [1.29, 1.82) is 0 Å². The quantitative estimate of drug-likeness (QED) is 0.510. The summed E-state index contributed by atoms with van der Waals surface area (Å²) in [6.07, 6.45) is 2.65. The van der Waals surface area contributed by atoms with Gasteiger partial charge in [-0.3, -0.25) is 0 Å². The summed E-state index contributed by atoms with van der Waals surface area (Å²) in [5.41, 5.74) is 1.85. The normalized spacial score (nSPS) is 29.1. The van der Waals surface area contributed by atoms with Crippen LogP contribution in [0.3, 0.4) is 0 Å². The molecule has 1 fully saturated rings. The number of benzene rings is 1. The highest BCUT2D eigenvalue weighted by molar-refractivity contribution is 14.1. The van der Waals surface area contributed by atoms with Crippen LogP contribution in [0.4, 0.5) is 0 Å². The van der Waals surface area contributed by atoms with E-state index in [9.17, 15) is 0 Å². The summed E-state index contributed by atoms with van der Waals surface area (Å²) in [5, 5.41) is 3.44. The van der Waals surface area contributed by atoms with Crippen LogP contribution in [0.5, 0.6) is 0 Å². The molecule has 1 saturated carbocycles. The van der Waals surface area contributed by atoms with Gasteiger partial charge in [0.1, 0.15) is 0 Å². The molecule has 0 saturated heterocycles. The molecule has 2 rings (SSSR count). The van der Waals surface area contributed by atoms with Crippen LogP contribution >= 0.6 is 57.6 Å². The largest absolute Gasteiger partial charge is 0.316 e. The Labute approximate surface area is 137 Å². The zero-order valence-corrected chi connectivity index (χ0v) is 15.2. The molecule has 4 heteroatoms. The van der Waals surface area contributed by atoms with Crippen LogP contribution in [-0.4, -0.2) is 17.0 Å². The van der Waals surface area contributed by atoms with E-state index in [-0.39, 0.29) is 12.4 Å². The van der Waals surface area contributed by atoms with Gasteiger partial charge in [-0.2, -0.15) is 0 Å². The topological polar surface area (TPSA) is 12.0 Å². The van der Waals surface area contributed by atoms with Crippen LogP contribution < -0.4 is 5.32 Å². The van der Waals surface area contributed by atoms with Gasteiger partial charge in [0, 0.05) is 19.0 Å². The third-order valence-electron chi connectivity index (χ3n) is 3.96. The number of hydrogen-bond donors (Lipinski definition) is 1. The van der Waals surface area contributed by atoms with Gasteiger partial charge in [0.2, 0.25) is 0 Å². The molecular formula is C13H18ClI2N. The molecule has 1 N–H and O–H groups in total. The van der Waals surface area contributed by atoms with Crippen molar-refractivity contribution in [2.24, 2.45) is 0 Å². The zero-order valence-electron chi connectivity index (χ0n) is 10.0. The fourth-order valence-electron chi connectivity index (χ4n) is 2.65. The molecule has 0 amide bonds. The second-order valence-electron chi connectivity index (χ2n) is 4.56. The average Bonchev–Trinajstić information content (AvgIpc) is 2.30. The number of rotatable bonds is 3. The molecular weight excluding hydrogens is 459 g/mol. The lowest BCUT2D eigenvalue weighted by Gasteiger charge is -2.51. The van der Waals surface area contributed by atoms with Crippen molar-refractivity contribution in [3.05, 3.63) is 33.4 Å². The van der Waals surface area contributed by atoms with Gasteiger partial charge in [0.15, 0.2) is 0 Å². The van der Waals surface area contributed by atoms with Crippen molar-refractivity contribution < 1.29 is 0 Å². The van der Waals surface area contributed by atoms with Gasteiger partial charge in [-0.25, -0.2) is 0 Å². The lowest BCUT2D eigenvalue weighted by molar-refractivity contribution is 0.207. The predicted molar refractivity (Wildman–Crippen MR) is 93.6 cm³/mol. The van der Waals surface area contributed by atoms with Gasteiger partial charge in [0.25, 0.3) is 0 Å². The van der Waals surface area contributed by atoms with E-state index in [4.69, 9.17) is 0 Å². The van der Waals surface area contributed by atoms with Gasteiger partial charge < -0.3 is 5.32 Å². The van der Waals surface area contributed by atoms with Crippen molar-refractivity contribution in [3.8, 4) is 0 Å². The summed E-state index contributed by atoms with van der Waals surface area (Å²) < 4.78 is 2.07. The van der Waals surface area contributed by atoms with Gasteiger partial charge in [-0.05, 0) is 67.1 Å². The van der Waals surface area contributed by atoms with E-state index in [1.54, 1.807) is 0 Å². The fraction of sp³-hybridized carbons (Fsp3) is 0.538. The molecule has 3 atom stereocenters. The maximum atomic E-state index is 3.44. The summed E-state index contributed by atoms with van der Waals surface area (Å²) in [6, 6.07) is 9.60. The second kappa shape index (κ2) is 6.39. The number of hydrogen-bond acceptors (Lipinski definition) is 1. The molecule has 1 aromatic rings. The van der Waals surface area contributed by atoms with Crippen LogP contribution in [-0.2, 0) is 5.41 Å². The molecule has 1 aliphatic carbocycles. The summed E-state index contributed by atoms with van der Waals surface area (Å²) in [5.74, 6) is 0.